The van der Waals surface area contributed by atoms with Crippen LogP contribution in [0.1, 0.15) is 114 Å². The number of hydrazone groups is 1. The number of aromatic nitrogens is 1. The first-order chi connectivity index (χ1) is 33.8. The number of esters is 3. The van der Waals surface area contributed by atoms with Gasteiger partial charge in [0.1, 0.15) is 23.9 Å². The Balaban J connectivity index is 1.02. The summed E-state index contributed by atoms with van der Waals surface area (Å²) in [6.07, 6.45) is 18.5. The van der Waals surface area contributed by atoms with E-state index in [1.165, 1.54) is 50.2 Å². The number of carbonyl (C=O) groups is 3. The standard InChI is InChI=1S/C55H71N3O10S/c1-4-13-41-16-20-43(21-17-41)45-24-29-50(46(38-45)39-56-58(55-57-49-14-9-10-15-51(49)69-55)30-33-62-34-35-63-36-37-66-53(60)6-3)67-40-42-18-22-44(23-19-42)54(61)68-48-27-25-47(26-28-48)64-31-11-7-8-12-32-65-52(59)5-2/h5-6,9-10,14-15,24-29,38-39,41-44H,2-4,7-8,11-13,16-23,30-37,40H2,1H3/b56-39+. The highest BCUT2D eigenvalue weighted by Crippen LogP contribution is 2.39. The number of hydrogen-bond acceptors (Lipinski definition) is 14. The molecule has 2 fully saturated rings. The first-order valence-corrected chi connectivity index (χ1v) is 25.8. The van der Waals surface area contributed by atoms with Crippen LogP contribution in [0, 0.1) is 17.8 Å². The second-order valence-corrected chi connectivity index (χ2v) is 18.8. The van der Waals surface area contributed by atoms with Crippen molar-refractivity contribution in [1.29, 1.82) is 0 Å². The average Bonchev–Trinajstić information content (AvgIpc) is 3.82. The van der Waals surface area contributed by atoms with E-state index in [1.807, 2.05) is 41.6 Å². The van der Waals surface area contributed by atoms with Crippen LogP contribution in [0.4, 0.5) is 5.13 Å². The maximum Gasteiger partial charge on any atom is 0.330 e. The van der Waals surface area contributed by atoms with Crippen LogP contribution < -0.4 is 19.2 Å². The first kappa shape index (κ1) is 52.8. The van der Waals surface area contributed by atoms with E-state index in [2.05, 4.69) is 44.3 Å². The van der Waals surface area contributed by atoms with E-state index in [0.717, 1.165) is 95.8 Å². The minimum atomic E-state index is -0.473. The third kappa shape index (κ3) is 18.0. The summed E-state index contributed by atoms with van der Waals surface area (Å²) in [5.41, 5.74) is 3.16. The van der Waals surface area contributed by atoms with Crippen molar-refractivity contribution < 1.29 is 47.5 Å². The van der Waals surface area contributed by atoms with Crippen molar-refractivity contribution in [2.24, 2.45) is 22.9 Å². The van der Waals surface area contributed by atoms with Crippen molar-refractivity contribution in [1.82, 2.24) is 4.98 Å². The van der Waals surface area contributed by atoms with Crippen LogP contribution in [-0.4, -0.2) is 88.5 Å². The Bertz CT molecular complexity index is 2200. The van der Waals surface area contributed by atoms with Gasteiger partial charge >= 0.3 is 17.9 Å². The van der Waals surface area contributed by atoms with Gasteiger partial charge in [-0.05, 0) is 149 Å². The highest BCUT2D eigenvalue weighted by Gasteiger charge is 2.29. The molecule has 0 radical (unpaired) electrons. The lowest BCUT2D eigenvalue weighted by Crippen LogP contribution is -2.27. The summed E-state index contributed by atoms with van der Waals surface area (Å²) < 4.78 is 40.9. The summed E-state index contributed by atoms with van der Waals surface area (Å²) in [4.78, 5) is 40.6. The molecular formula is C55H71N3O10S. The van der Waals surface area contributed by atoms with Gasteiger partial charge in [-0.1, -0.05) is 62.5 Å². The Labute approximate surface area is 412 Å². The van der Waals surface area contributed by atoms with Crippen molar-refractivity contribution in [3.8, 4) is 17.2 Å². The van der Waals surface area contributed by atoms with Gasteiger partial charge in [-0.2, -0.15) is 5.10 Å². The second-order valence-electron chi connectivity index (χ2n) is 17.8. The van der Waals surface area contributed by atoms with Crippen LogP contribution in [0.15, 0.2) is 97.1 Å². The number of ether oxygens (including phenoxy) is 7. The lowest BCUT2D eigenvalue weighted by Gasteiger charge is -2.29. The number of fused-ring (bicyclic) bond motifs is 1. The fraction of sp³-hybridized carbons (Fsp3) is 0.509. The monoisotopic (exact) mass is 965 g/mol. The van der Waals surface area contributed by atoms with Gasteiger partial charge < -0.3 is 33.2 Å². The Kier molecular flexibility index (Phi) is 22.5. The predicted molar refractivity (Wildman–Crippen MR) is 272 cm³/mol. The van der Waals surface area contributed by atoms with Gasteiger partial charge in [0.05, 0.1) is 75.1 Å². The largest absolute Gasteiger partial charge is 0.494 e. The van der Waals surface area contributed by atoms with E-state index in [4.69, 9.17) is 43.2 Å². The number of nitrogens with zero attached hydrogens (tertiary/aromatic N) is 3. The molecule has 1 heterocycles. The van der Waals surface area contributed by atoms with Crippen LogP contribution in [0.2, 0.25) is 0 Å². The number of anilines is 1. The zero-order valence-electron chi connectivity index (χ0n) is 40.4. The number of hydrogen-bond donors (Lipinski definition) is 0. The summed E-state index contributed by atoms with van der Waals surface area (Å²) in [6.45, 7) is 12.7. The SMILES string of the molecule is C=CC(=O)OCCCCCCOc1ccc(OC(=O)C2CCC(COc3ccc(C4CCC(CCC)CC4)cc3/C=N/N(CCOCCOCCOC(=O)C=C)c3nc4ccccc4s3)CC2)cc1. The molecule has 2 saturated carbocycles. The third-order valence-electron chi connectivity index (χ3n) is 12.8. The molecule has 2 aliphatic rings. The van der Waals surface area contributed by atoms with Crippen molar-refractivity contribution >= 4 is 50.8 Å². The second kappa shape index (κ2) is 29.5. The molecule has 0 aliphatic heterocycles. The number of carbonyl (C=O) groups excluding carboxylic acids is 3. The highest BCUT2D eigenvalue weighted by atomic mass is 32.1. The van der Waals surface area contributed by atoms with Crippen molar-refractivity contribution in [2.45, 2.75) is 103 Å². The van der Waals surface area contributed by atoms with E-state index >= 15 is 0 Å². The third-order valence-corrected chi connectivity index (χ3v) is 13.8. The van der Waals surface area contributed by atoms with Crippen LogP contribution >= 0.6 is 11.3 Å². The van der Waals surface area contributed by atoms with Crippen LogP contribution in [0.5, 0.6) is 17.2 Å². The molecule has 4 aromatic rings. The number of benzene rings is 3. The number of rotatable bonds is 30. The summed E-state index contributed by atoms with van der Waals surface area (Å²) in [7, 11) is 0. The Morgan fingerprint density at radius 1 is 0.725 bits per heavy atom. The molecule has 0 unspecified atom stereocenters. The average molecular weight is 966 g/mol. The van der Waals surface area contributed by atoms with Crippen LogP contribution in [0.25, 0.3) is 10.2 Å². The Morgan fingerprint density at radius 2 is 1.39 bits per heavy atom. The molecule has 372 valence electrons. The van der Waals surface area contributed by atoms with E-state index in [1.54, 1.807) is 23.5 Å². The van der Waals surface area contributed by atoms with E-state index in [9.17, 15) is 14.4 Å². The van der Waals surface area contributed by atoms with E-state index in [0.29, 0.717) is 63.8 Å². The predicted octanol–water partition coefficient (Wildman–Crippen LogP) is 11.4. The van der Waals surface area contributed by atoms with Crippen molar-refractivity contribution in [2.75, 3.05) is 64.4 Å². The molecule has 1 aromatic heterocycles. The van der Waals surface area contributed by atoms with Gasteiger partial charge in [0.2, 0.25) is 5.13 Å². The van der Waals surface area contributed by atoms with Gasteiger partial charge in [0, 0.05) is 17.7 Å². The van der Waals surface area contributed by atoms with Gasteiger partial charge in [-0.15, -0.1) is 0 Å². The maximum absolute atomic E-state index is 13.3. The van der Waals surface area contributed by atoms with Crippen LogP contribution in [-0.2, 0) is 33.3 Å². The molecule has 0 saturated heterocycles. The quantitative estimate of drug-likeness (QED) is 0.0122. The van der Waals surface area contributed by atoms with Gasteiger partial charge in [0.25, 0.3) is 0 Å². The molecule has 14 heteroatoms. The molecule has 3 aromatic carbocycles. The molecule has 0 atom stereocenters. The Morgan fingerprint density at radius 3 is 2.12 bits per heavy atom. The molecule has 0 bridgehead atoms. The first-order valence-electron chi connectivity index (χ1n) is 24.9. The van der Waals surface area contributed by atoms with Crippen molar-refractivity contribution in [3.63, 3.8) is 0 Å². The minimum absolute atomic E-state index is 0.161. The fourth-order valence-corrected chi connectivity index (χ4v) is 9.79. The Hall–Kier alpha value is -5.57. The van der Waals surface area contributed by atoms with Gasteiger partial charge in [-0.25, -0.2) is 19.6 Å². The molecule has 69 heavy (non-hydrogen) atoms. The lowest BCUT2D eigenvalue weighted by atomic mass is 9.77. The smallest absolute Gasteiger partial charge is 0.330 e. The normalized spacial score (nSPS) is 18.1. The maximum atomic E-state index is 13.3. The zero-order valence-corrected chi connectivity index (χ0v) is 41.2. The fourth-order valence-electron chi connectivity index (χ4n) is 8.84. The molecular weight excluding hydrogens is 895 g/mol. The van der Waals surface area contributed by atoms with Gasteiger partial charge in [-0.3, -0.25) is 4.79 Å². The number of unbranched alkanes of at least 4 members (excludes halogenated alkanes) is 3. The summed E-state index contributed by atoms with van der Waals surface area (Å²) in [5, 5.41) is 7.73. The summed E-state index contributed by atoms with van der Waals surface area (Å²) in [6, 6.07) is 21.9. The number of para-hydroxylation sites is 1. The topological polar surface area (TPSA) is 144 Å². The molecule has 0 spiro atoms. The van der Waals surface area contributed by atoms with Crippen molar-refractivity contribution in [3.05, 3.63) is 103 Å². The lowest BCUT2D eigenvalue weighted by molar-refractivity contribution is -0.140. The molecule has 13 nitrogen and oxygen atoms in total. The summed E-state index contributed by atoms with van der Waals surface area (Å²) >= 11 is 1.59. The van der Waals surface area contributed by atoms with E-state index < -0.39 is 5.97 Å². The molecule has 0 N–H and O–H groups in total. The van der Waals surface area contributed by atoms with Crippen LogP contribution in [0.3, 0.4) is 0 Å². The molecule has 0 amide bonds. The number of thiazole rings is 1. The highest BCUT2D eigenvalue weighted by molar-refractivity contribution is 7.22. The minimum Gasteiger partial charge on any atom is -0.494 e. The van der Waals surface area contributed by atoms with Gasteiger partial charge in [0.15, 0.2) is 0 Å². The molecule has 6 rings (SSSR count). The molecule has 2 aliphatic carbocycles. The zero-order chi connectivity index (χ0) is 48.5. The van der Waals surface area contributed by atoms with E-state index in [-0.39, 0.29) is 31.1 Å². The summed E-state index contributed by atoms with van der Waals surface area (Å²) in [5.74, 6) is 2.44.